The highest BCUT2D eigenvalue weighted by Crippen LogP contribution is 2.34. The van der Waals surface area contributed by atoms with Crippen LogP contribution in [0.5, 0.6) is 5.75 Å². The van der Waals surface area contributed by atoms with E-state index >= 15 is 0 Å². The van der Waals surface area contributed by atoms with Crippen molar-refractivity contribution in [1.82, 2.24) is 5.32 Å². The van der Waals surface area contributed by atoms with Crippen LogP contribution < -0.4 is 10.1 Å². The van der Waals surface area contributed by atoms with Crippen molar-refractivity contribution in [3.8, 4) is 16.2 Å². The molecule has 2 N–H and O–H groups in total. The van der Waals surface area contributed by atoms with Crippen molar-refractivity contribution in [3.63, 3.8) is 0 Å². The molecule has 3 rings (SSSR count). The van der Waals surface area contributed by atoms with E-state index in [9.17, 15) is 4.57 Å². The van der Waals surface area contributed by atoms with Crippen molar-refractivity contribution in [3.05, 3.63) is 77.2 Å². The Morgan fingerprint density at radius 3 is 2.56 bits per heavy atom. The topological polar surface area (TPSA) is 67.8 Å². The summed E-state index contributed by atoms with van der Waals surface area (Å²) in [6.07, 6.45) is 5.18. The fourth-order valence-electron chi connectivity index (χ4n) is 3.44. The molecule has 1 atom stereocenters. The molecular formula is C25H31NO4PS+. The molecule has 7 heteroatoms. The fourth-order valence-corrected chi connectivity index (χ4v) is 4.48. The minimum atomic E-state index is -2.50. The summed E-state index contributed by atoms with van der Waals surface area (Å²) in [6.45, 7) is 2.44. The molecule has 1 aromatic heterocycles. The molecule has 0 spiro atoms. The molecule has 0 amide bonds. The lowest BCUT2D eigenvalue weighted by atomic mass is 10.1. The van der Waals surface area contributed by atoms with Gasteiger partial charge in [-0.3, -0.25) is 0 Å². The van der Waals surface area contributed by atoms with Gasteiger partial charge in [-0.15, -0.1) is 20.8 Å². The summed E-state index contributed by atoms with van der Waals surface area (Å²) >= 11 is 1.71. The lowest BCUT2D eigenvalue weighted by molar-refractivity contribution is 0.276. The molecular weight excluding hydrogens is 441 g/mol. The molecule has 1 heterocycles. The van der Waals surface area contributed by atoms with Crippen molar-refractivity contribution < 1.29 is 18.7 Å². The van der Waals surface area contributed by atoms with Crippen molar-refractivity contribution in [2.75, 3.05) is 19.8 Å². The van der Waals surface area contributed by atoms with E-state index in [4.69, 9.17) is 9.63 Å². The molecule has 1 unspecified atom stereocenters. The molecule has 170 valence electrons. The Kier molecular flexibility index (Phi) is 10.9. The van der Waals surface area contributed by atoms with E-state index in [1.807, 2.05) is 0 Å². The highest BCUT2D eigenvalue weighted by atomic mass is 32.1. The van der Waals surface area contributed by atoms with Gasteiger partial charge in [0, 0.05) is 21.6 Å². The minimum absolute atomic E-state index is 0.275. The zero-order chi connectivity index (χ0) is 22.4. The van der Waals surface area contributed by atoms with Gasteiger partial charge in [0.05, 0.1) is 6.61 Å². The number of hydrogen-bond donors (Lipinski definition) is 2. The first-order chi connectivity index (χ1) is 15.7. The molecule has 0 saturated heterocycles. The number of hydrogen-bond acceptors (Lipinski definition) is 5. The third kappa shape index (κ3) is 8.81. The van der Waals surface area contributed by atoms with Crippen molar-refractivity contribution in [2.45, 2.75) is 38.6 Å². The van der Waals surface area contributed by atoms with Crippen LogP contribution in [0.3, 0.4) is 0 Å². The fraction of sp³-hybridized carbons (Fsp3) is 0.360. The third-order valence-electron chi connectivity index (χ3n) is 5.07. The monoisotopic (exact) mass is 472 g/mol. The molecule has 32 heavy (non-hydrogen) atoms. The van der Waals surface area contributed by atoms with Gasteiger partial charge in [-0.25, -0.2) is 0 Å². The molecule has 0 aliphatic carbocycles. The summed E-state index contributed by atoms with van der Waals surface area (Å²) in [7, 11) is -2.50. The maximum atomic E-state index is 10.5. The smallest absolute Gasteiger partial charge is 0.493 e. The maximum Gasteiger partial charge on any atom is 0.694 e. The van der Waals surface area contributed by atoms with Crippen molar-refractivity contribution in [1.29, 1.82) is 0 Å². The van der Waals surface area contributed by atoms with E-state index < -0.39 is 8.25 Å². The number of ether oxygens (including phenoxy) is 1. The average Bonchev–Trinajstić information content (AvgIpc) is 3.34. The molecule has 0 radical (unpaired) electrons. The first-order valence-corrected chi connectivity index (χ1v) is 13.1. The average molecular weight is 473 g/mol. The van der Waals surface area contributed by atoms with E-state index in [-0.39, 0.29) is 6.61 Å². The van der Waals surface area contributed by atoms with Crippen LogP contribution >= 0.6 is 19.6 Å². The van der Waals surface area contributed by atoms with Gasteiger partial charge in [0.25, 0.3) is 0 Å². The predicted octanol–water partition coefficient (Wildman–Crippen LogP) is 6.35. The number of unbranched alkanes of at least 4 members (excludes halogenated alkanes) is 2. The van der Waals surface area contributed by atoms with Crippen LogP contribution in [0, 0.1) is 0 Å². The van der Waals surface area contributed by atoms with Crippen molar-refractivity contribution in [2.24, 2.45) is 0 Å². The first kappa shape index (κ1) is 24.6. The Morgan fingerprint density at radius 2 is 1.78 bits per heavy atom. The van der Waals surface area contributed by atoms with E-state index in [2.05, 4.69) is 75.9 Å². The number of thiophene rings is 1. The van der Waals surface area contributed by atoms with E-state index in [1.165, 1.54) is 22.4 Å². The standard InChI is InChI=1S/C25H30NO4PS/c27-31(28)30-17-8-15-26-20-22-13-14-24(23(19-22)25-12-7-18-32-25)29-16-6-2-5-11-21-9-3-1-4-10-21/h1,3-4,7,9-10,12-14,18-19,26H,2,5-6,8,11,15-17,20H2/p+1. The van der Waals surface area contributed by atoms with E-state index in [0.717, 1.165) is 50.3 Å². The zero-order valence-electron chi connectivity index (χ0n) is 18.2. The van der Waals surface area contributed by atoms with Crippen LogP contribution in [-0.4, -0.2) is 24.7 Å². The Bertz CT molecular complexity index is 934. The first-order valence-electron chi connectivity index (χ1n) is 11.1. The minimum Gasteiger partial charge on any atom is -0.493 e. The number of benzene rings is 2. The third-order valence-corrected chi connectivity index (χ3v) is 6.38. The van der Waals surface area contributed by atoms with Crippen molar-refractivity contribution >= 4 is 19.6 Å². The summed E-state index contributed by atoms with van der Waals surface area (Å²) in [5, 5.41) is 5.44. The summed E-state index contributed by atoms with van der Waals surface area (Å²) in [4.78, 5) is 9.84. The summed E-state index contributed by atoms with van der Waals surface area (Å²) < 4.78 is 21.4. The second kappa shape index (κ2) is 14.1. The normalized spacial score (nSPS) is 11.5. The molecule has 0 aliphatic heterocycles. The summed E-state index contributed by atoms with van der Waals surface area (Å²) in [6, 6.07) is 21.1. The summed E-state index contributed by atoms with van der Waals surface area (Å²) in [5.41, 5.74) is 3.70. The second-order valence-corrected chi connectivity index (χ2v) is 9.24. The maximum absolute atomic E-state index is 10.5. The van der Waals surface area contributed by atoms with Gasteiger partial charge < -0.3 is 10.1 Å². The second-order valence-electron chi connectivity index (χ2n) is 7.55. The number of nitrogens with one attached hydrogen (secondary N) is 1. The largest absolute Gasteiger partial charge is 0.694 e. The highest BCUT2D eigenvalue weighted by molar-refractivity contribution is 7.32. The van der Waals surface area contributed by atoms with Crippen LogP contribution in [0.2, 0.25) is 0 Å². The molecule has 0 fully saturated rings. The van der Waals surface area contributed by atoms with Gasteiger partial charge in [-0.05, 0) is 73.4 Å². The van der Waals surface area contributed by atoms with Crippen LogP contribution in [0.1, 0.15) is 36.8 Å². The quantitative estimate of drug-likeness (QED) is 0.199. The van der Waals surface area contributed by atoms with Gasteiger partial charge in [0.2, 0.25) is 0 Å². The molecule has 0 aliphatic rings. The van der Waals surface area contributed by atoms with Gasteiger partial charge >= 0.3 is 8.25 Å². The van der Waals surface area contributed by atoms with Crippen LogP contribution in [0.4, 0.5) is 0 Å². The lowest BCUT2D eigenvalue weighted by Gasteiger charge is -2.13. The van der Waals surface area contributed by atoms with Gasteiger partial charge in [0.1, 0.15) is 12.4 Å². The Morgan fingerprint density at radius 1 is 0.906 bits per heavy atom. The van der Waals surface area contributed by atoms with Crippen LogP contribution in [0.15, 0.2) is 66.0 Å². The lowest BCUT2D eigenvalue weighted by Crippen LogP contribution is -2.16. The van der Waals surface area contributed by atoms with E-state index in [0.29, 0.717) is 6.42 Å². The highest BCUT2D eigenvalue weighted by Gasteiger charge is 2.11. The molecule has 5 nitrogen and oxygen atoms in total. The molecule has 0 saturated carbocycles. The predicted molar refractivity (Wildman–Crippen MR) is 131 cm³/mol. The molecule has 3 aromatic rings. The van der Waals surface area contributed by atoms with Gasteiger partial charge in [-0.1, -0.05) is 42.5 Å². The molecule has 0 bridgehead atoms. The van der Waals surface area contributed by atoms with Crippen LogP contribution in [0.25, 0.3) is 10.4 Å². The zero-order valence-corrected chi connectivity index (χ0v) is 20.0. The van der Waals surface area contributed by atoms with Gasteiger partial charge in [0.15, 0.2) is 0 Å². The summed E-state index contributed by atoms with van der Waals surface area (Å²) in [5.74, 6) is 0.930. The Balaban J connectivity index is 1.45. The van der Waals surface area contributed by atoms with Gasteiger partial charge in [-0.2, -0.15) is 0 Å². The Hall–Kier alpha value is -2.08. The SMILES string of the molecule is O=[P+](O)OCCCNCc1ccc(OCCCCCc2ccccc2)c(-c2cccs2)c1. The Labute approximate surface area is 195 Å². The van der Waals surface area contributed by atoms with Crippen LogP contribution in [-0.2, 0) is 22.1 Å². The molecule has 2 aromatic carbocycles. The number of aryl methyl sites for hydroxylation is 1. The van der Waals surface area contributed by atoms with E-state index in [1.54, 1.807) is 11.3 Å². The number of rotatable bonds is 15.